The number of aromatic nitrogens is 3. The average molecular weight is 344 g/mol. The highest BCUT2D eigenvalue weighted by Crippen LogP contribution is 2.30. The van der Waals surface area contributed by atoms with Gasteiger partial charge >= 0.3 is 5.69 Å². The van der Waals surface area contributed by atoms with E-state index in [4.69, 9.17) is 14.9 Å². The minimum Gasteiger partial charge on any atom is -0.414 e. The second-order valence-electron chi connectivity index (χ2n) is 6.52. The highest BCUT2D eigenvalue weighted by molar-refractivity contribution is 6.72. The smallest absolute Gasteiger partial charge is 0.354 e. The van der Waals surface area contributed by atoms with Crippen molar-refractivity contribution in [1.82, 2.24) is 14.5 Å². The topological polar surface area (TPSA) is 133 Å². The fourth-order valence-electron chi connectivity index (χ4n) is 2.09. The number of hydrogen-bond acceptors (Lipinski definition) is 8. The van der Waals surface area contributed by atoms with Crippen LogP contribution in [-0.4, -0.2) is 58.0 Å². The SMILES string of the molecule is CC(C)[Si](C)(C)OC[C@H]1O[C@@H](n2cnc(N)nc2=O)[C@H](O)[C@@H]1O. The fourth-order valence-corrected chi connectivity index (χ4v) is 3.02. The van der Waals surface area contributed by atoms with Crippen molar-refractivity contribution in [2.45, 2.75) is 57.0 Å². The predicted molar refractivity (Wildman–Crippen MR) is 85.2 cm³/mol. The maximum Gasteiger partial charge on any atom is 0.354 e. The minimum absolute atomic E-state index is 0.150. The Labute approximate surface area is 135 Å². The third kappa shape index (κ3) is 3.78. The van der Waals surface area contributed by atoms with Crippen molar-refractivity contribution in [3.8, 4) is 0 Å². The van der Waals surface area contributed by atoms with Crippen molar-refractivity contribution in [1.29, 1.82) is 0 Å². The summed E-state index contributed by atoms with van der Waals surface area (Å²) in [6.45, 7) is 8.47. The molecule has 130 valence electrons. The molecule has 0 amide bonds. The molecule has 9 nitrogen and oxygen atoms in total. The molecule has 0 saturated carbocycles. The Balaban J connectivity index is 2.11. The molecule has 1 aliphatic heterocycles. The highest BCUT2D eigenvalue weighted by Gasteiger charge is 2.45. The van der Waals surface area contributed by atoms with Gasteiger partial charge in [0.1, 0.15) is 24.6 Å². The maximum absolute atomic E-state index is 11.8. The second kappa shape index (κ2) is 6.65. The number of nitrogens with zero attached hydrogens (tertiary/aromatic N) is 3. The minimum atomic E-state index is -1.90. The molecule has 1 aliphatic rings. The first kappa shape index (κ1) is 18.0. The van der Waals surface area contributed by atoms with Crippen LogP contribution in [-0.2, 0) is 9.16 Å². The van der Waals surface area contributed by atoms with Crippen molar-refractivity contribution in [3.05, 3.63) is 16.8 Å². The largest absolute Gasteiger partial charge is 0.414 e. The van der Waals surface area contributed by atoms with Gasteiger partial charge in [-0.2, -0.15) is 4.98 Å². The van der Waals surface area contributed by atoms with Gasteiger partial charge in [-0.3, -0.25) is 4.57 Å². The molecule has 0 unspecified atom stereocenters. The van der Waals surface area contributed by atoms with Gasteiger partial charge in [0.2, 0.25) is 5.95 Å². The number of aliphatic hydroxyl groups is 2. The summed E-state index contributed by atoms with van der Waals surface area (Å²) in [6.07, 6.45) is -3.11. The van der Waals surface area contributed by atoms with Gasteiger partial charge < -0.3 is 25.1 Å². The van der Waals surface area contributed by atoms with Crippen LogP contribution >= 0.6 is 0 Å². The number of aliphatic hydroxyl groups excluding tert-OH is 2. The van der Waals surface area contributed by atoms with E-state index in [9.17, 15) is 15.0 Å². The van der Waals surface area contributed by atoms with E-state index in [0.29, 0.717) is 5.54 Å². The van der Waals surface area contributed by atoms with Crippen LogP contribution in [0, 0.1) is 0 Å². The zero-order chi connectivity index (χ0) is 17.4. The zero-order valence-electron chi connectivity index (χ0n) is 13.7. The summed E-state index contributed by atoms with van der Waals surface area (Å²) in [4.78, 5) is 19.0. The molecule has 2 rings (SSSR count). The Morgan fingerprint density at radius 3 is 2.65 bits per heavy atom. The van der Waals surface area contributed by atoms with Crippen LogP contribution < -0.4 is 11.4 Å². The molecule has 0 aliphatic carbocycles. The van der Waals surface area contributed by atoms with Crippen LogP contribution in [0.15, 0.2) is 11.1 Å². The van der Waals surface area contributed by atoms with E-state index in [1.165, 1.54) is 0 Å². The summed E-state index contributed by atoms with van der Waals surface area (Å²) < 4.78 is 12.5. The molecule has 1 aromatic rings. The summed E-state index contributed by atoms with van der Waals surface area (Å²) >= 11 is 0. The lowest BCUT2D eigenvalue weighted by atomic mass is 10.1. The Bertz CT molecular complexity index is 608. The maximum atomic E-state index is 11.8. The number of anilines is 1. The van der Waals surface area contributed by atoms with Crippen LogP contribution in [0.3, 0.4) is 0 Å². The van der Waals surface area contributed by atoms with E-state index >= 15 is 0 Å². The molecular formula is C13H24N4O5Si. The van der Waals surface area contributed by atoms with Gasteiger partial charge in [-0.1, -0.05) is 13.8 Å². The molecule has 1 saturated heterocycles. The van der Waals surface area contributed by atoms with Crippen LogP contribution in [0.2, 0.25) is 18.6 Å². The lowest BCUT2D eigenvalue weighted by Gasteiger charge is -2.29. The van der Waals surface area contributed by atoms with Gasteiger partial charge in [0.15, 0.2) is 14.5 Å². The Kier molecular flexibility index (Phi) is 5.21. The molecule has 0 radical (unpaired) electrons. The molecule has 0 spiro atoms. The number of rotatable bonds is 5. The molecule has 23 heavy (non-hydrogen) atoms. The van der Waals surface area contributed by atoms with Crippen molar-refractivity contribution < 1.29 is 19.4 Å². The van der Waals surface area contributed by atoms with Crippen molar-refractivity contribution >= 4 is 14.3 Å². The van der Waals surface area contributed by atoms with Crippen molar-refractivity contribution in [2.24, 2.45) is 0 Å². The molecule has 2 heterocycles. The Morgan fingerprint density at radius 1 is 1.43 bits per heavy atom. The van der Waals surface area contributed by atoms with Gasteiger partial charge in [0.05, 0.1) is 6.61 Å². The van der Waals surface area contributed by atoms with Gasteiger partial charge in [-0.05, 0) is 18.6 Å². The average Bonchev–Trinajstić information content (AvgIpc) is 2.73. The molecule has 0 aromatic carbocycles. The second-order valence-corrected chi connectivity index (χ2v) is 11.2. The third-order valence-electron chi connectivity index (χ3n) is 4.37. The van der Waals surface area contributed by atoms with E-state index in [-0.39, 0.29) is 12.6 Å². The summed E-state index contributed by atoms with van der Waals surface area (Å²) in [5.74, 6) is -0.163. The lowest BCUT2D eigenvalue weighted by Crippen LogP contribution is -2.40. The van der Waals surface area contributed by atoms with Crippen LogP contribution in [0.25, 0.3) is 0 Å². The summed E-state index contributed by atoms with van der Waals surface area (Å²) in [5, 5.41) is 20.3. The first-order chi connectivity index (χ1) is 10.6. The molecule has 4 N–H and O–H groups in total. The van der Waals surface area contributed by atoms with E-state index < -0.39 is 38.5 Å². The van der Waals surface area contributed by atoms with E-state index in [1.54, 1.807) is 0 Å². The normalized spacial score (nSPS) is 28.5. The summed E-state index contributed by atoms with van der Waals surface area (Å²) in [7, 11) is -1.90. The third-order valence-corrected chi connectivity index (χ3v) is 8.06. The van der Waals surface area contributed by atoms with E-state index in [0.717, 1.165) is 10.9 Å². The van der Waals surface area contributed by atoms with Gasteiger partial charge in [-0.25, -0.2) is 9.78 Å². The predicted octanol–water partition coefficient (Wildman–Crippen LogP) is -0.529. The highest BCUT2D eigenvalue weighted by atomic mass is 28.4. The van der Waals surface area contributed by atoms with Gasteiger partial charge in [-0.15, -0.1) is 0 Å². The van der Waals surface area contributed by atoms with Gasteiger partial charge in [0.25, 0.3) is 0 Å². The molecule has 4 atom stereocenters. The number of hydrogen-bond donors (Lipinski definition) is 3. The van der Waals surface area contributed by atoms with Crippen LogP contribution in [0.5, 0.6) is 0 Å². The van der Waals surface area contributed by atoms with Crippen molar-refractivity contribution in [2.75, 3.05) is 12.3 Å². The Hall–Kier alpha value is -1.33. The molecule has 0 bridgehead atoms. The first-order valence-corrected chi connectivity index (χ1v) is 10.5. The molecular weight excluding hydrogens is 320 g/mol. The molecule has 1 fully saturated rings. The lowest BCUT2D eigenvalue weighted by molar-refractivity contribution is -0.0532. The summed E-state index contributed by atoms with van der Waals surface area (Å²) in [6, 6.07) is 0. The number of ether oxygens (including phenoxy) is 1. The Morgan fingerprint density at radius 2 is 2.09 bits per heavy atom. The van der Waals surface area contributed by atoms with E-state index in [1.807, 2.05) is 0 Å². The van der Waals surface area contributed by atoms with Crippen LogP contribution in [0.4, 0.5) is 5.95 Å². The monoisotopic (exact) mass is 344 g/mol. The van der Waals surface area contributed by atoms with E-state index in [2.05, 4.69) is 36.9 Å². The van der Waals surface area contributed by atoms with Crippen LogP contribution in [0.1, 0.15) is 20.1 Å². The fraction of sp³-hybridized carbons (Fsp3) is 0.769. The standard InChI is InChI=1S/C13H24N4O5Si/c1-7(2)23(3,4)21-5-8-9(18)10(19)11(22-8)17-6-15-12(14)16-13(17)20/h6-11,18-19H,5H2,1-4H3,(H2,14,16,20)/t8-,9-,10-,11-/m1/s1. The number of nitrogens with two attached hydrogens (primary N) is 1. The molecule has 10 heteroatoms. The zero-order valence-corrected chi connectivity index (χ0v) is 14.7. The number of nitrogen functional groups attached to an aromatic ring is 1. The first-order valence-electron chi connectivity index (χ1n) is 7.49. The summed E-state index contributed by atoms with van der Waals surface area (Å²) in [5.41, 5.74) is 5.03. The van der Waals surface area contributed by atoms with Crippen molar-refractivity contribution in [3.63, 3.8) is 0 Å². The van der Waals surface area contributed by atoms with Gasteiger partial charge in [0, 0.05) is 0 Å². The molecule has 1 aromatic heterocycles. The quantitative estimate of drug-likeness (QED) is 0.607.